The molecule has 0 fully saturated rings. The molecule has 0 N–H and O–H groups in total. The summed E-state index contributed by atoms with van der Waals surface area (Å²) < 4.78 is 4.74. The third kappa shape index (κ3) is 5.91. The van der Waals surface area contributed by atoms with Gasteiger partial charge in [-0.3, -0.25) is 0 Å². The van der Waals surface area contributed by atoms with E-state index >= 15 is 0 Å². The van der Waals surface area contributed by atoms with Crippen LogP contribution in [0.4, 0.5) is 0 Å². The van der Waals surface area contributed by atoms with Crippen molar-refractivity contribution in [3.05, 3.63) is 35.4 Å². The molecule has 0 amide bonds. The lowest BCUT2D eigenvalue weighted by Crippen LogP contribution is -2.19. The summed E-state index contributed by atoms with van der Waals surface area (Å²) >= 11 is 0. The molecule has 8 heteroatoms. The van der Waals surface area contributed by atoms with Gasteiger partial charge in [0.1, 0.15) is 32.2 Å². The van der Waals surface area contributed by atoms with Crippen molar-refractivity contribution in [2.75, 3.05) is 21.3 Å². The number of carbonyl (C=O) groups excluding carboxylic acids is 1. The molecule has 0 aliphatic heterocycles. The zero-order valence-corrected chi connectivity index (χ0v) is 15.1. The van der Waals surface area contributed by atoms with Crippen LogP contribution in [-0.4, -0.2) is 44.4 Å². The Bertz CT molecular complexity index is 668. The maximum absolute atomic E-state index is 11.9. The maximum Gasteiger partial charge on any atom is 0.360 e. The fourth-order valence-corrected chi connectivity index (χ4v) is 2.01. The molecule has 0 radical (unpaired) electrons. The van der Waals surface area contributed by atoms with Crippen molar-refractivity contribution >= 4 is 23.1 Å². The lowest BCUT2D eigenvalue weighted by molar-refractivity contribution is -0.132. The van der Waals surface area contributed by atoms with E-state index in [4.69, 9.17) is 19.2 Å². The summed E-state index contributed by atoms with van der Waals surface area (Å²) in [5, 5.41) is 11.7. The van der Waals surface area contributed by atoms with Gasteiger partial charge in [-0.25, -0.2) is 4.79 Å². The van der Waals surface area contributed by atoms with E-state index in [1.54, 1.807) is 25.1 Å². The average Bonchev–Trinajstić information content (AvgIpc) is 2.64. The largest absolute Gasteiger partial charge is 0.464 e. The third-order valence-corrected chi connectivity index (χ3v) is 3.21. The standard InChI is InChI=1S/C17H23N3O5/c1-6-15(19-23-4)12(2)18-25-11-13-9-7-8-10-14(13)16(20-24-5)17(21)22-3/h7-10H,6,11H2,1-5H3/b18-12+,19-15+,20-16-. The Morgan fingerprint density at radius 1 is 1.04 bits per heavy atom. The summed E-state index contributed by atoms with van der Waals surface area (Å²) in [6.07, 6.45) is 0.663. The zero-order valence-electron chi connectivity index (χ0n) is 15.1. The summed E-state index contributed by atoms with van der Waals surface area (Å²) in [7, 11) is 4.11. The van der Waals surface area contributed by atoms with Gasteiger partial charge in [-0.1, -0.05) is 46.7 Å². The van der Waals surface area contributed by atoms with Crippen molar-refractivity contribution in [3.63, 3.8) is 0 Å². The van der Waals surface area contributed by atoms with Crippen LogP contribution in [0.1, 0.15) is 31.4 Å². The molecule has 8 nitrogen and oxygen atoms in total. The highest BCUT2D eigenvalue weighted by atomic mass is 16.6. The second-order valence-electron chi connectivity index (χ2n) is 4.80. The maximum atomic E-state index is 11.9. The van der Waals surface area contributed by atoms with Gasteiger partial charge in [-0.15, -0.1) is 0 Å². The first-order chi connectivity index (χ1) is 12.1. The number of rotatable bonds is 9. The van der Waals surface area contributed by atoms with Gasteiger partial charge in [0.2, 0.25) is 0 Å². The fraction of sp³-hybridized carbons (Fsp3) is 0.412. The van der Waals surface area contributed by atoms with Gasteiger partial charge >= 0.3 is 5.97 Å². The second-order valence-corrected chi connectivity index (χ2v) is 4.80. The van der Waals surface area contributed by atoms with Crippen LogP contribution < -0.4 is 0 Å². The van der Waals surface area contributed by atoms with Gasteiger partial charge in [0.15, 0.2) is 5.71 Å². The number of esters is 1. The monoisotopic (exact) mass is 349 g/mol. The molecule has 1 rings (SSSR count). The van der Waals surface area contributed by atoms with E-state index in [1.807, 2.05) is 13.0 Å². The Morgan fingerprint density at radius 3 is 2.32 bits per heavy atom. The number of hydrogen-bond acceptors (Lipinski definition) is 8. The van der Waals surface area contributed by atoms with E-state index in [-0.39, 0.29) is 12.3 Å². The Kier molecular flexibility index (Phi) is 8.70. The van der Waals surface area contributed by atoms with Crippen molar-refractivity contribution in [3.8, 4) is 0 Å². The number of ether oxygens (including phenoxy) is 1. The van der Waals surface area contributed by atoms with E-state index in [0.29, 0.717) is 29.0 Å². The van der Waals surface area contributed by atoms with Crippen molar-refractivity contribution in [1.82, 2.24) is 0 Å². The van der Waals surface area contributed by atoms with Gasteiger partial charge in [-0.2, -0.15) is 0 Å². The molecular weight excluding hydrogens is 326 g/mol. The highest BCUT2D eigenvalue weighted by Gasteiger charge is 2.19. The minimum absolute atomic E-state index is 0.0556. The molecule has 0 saturated carbocycles. The van der Waals surface area contributed by atoms with Crippen molar-refractivity contribution in [1.29, 1.82) is 0 Å². The first-order valence-corrected chi connectivity index (χ1v) is 7.63. The number of benzene rings is 1. The first kappa shape index (κ1) is 20.1. The molecule has 0 heterocycles. The summed E-state index contributed by atoms with van der Waals surface area (Å²) in [6, 6.07) is 7.14. The van der Waals surface area contributed by atoms with Gasteiger partial charge < -0.3 is 19.2 Å². The molecular formula is C17H23N3O5. The van der Waals surface area contributed by atoms with E-state index in [9.17, 15) is 4.79 Å². The highest BCUT2D eigenvalue weighted by Crippen LogP contribution is 2.13. The molecule has 1 aromatic rings. The number of carbonyl (C=O) groups is 1. The van der Waals surface area contributed by atoms with Crippen LogP contribution in [-0.2, 0) is 30.7 Å². The third-order valence-electron chi connectivity index (χ3n) is 3.21. The summed E-state index contributed by atoms with van der Waals surface area (Å²) in [6.45, 7) is 3.85. The molecule has 0 aliphatic carbocycles. The van der Waals surface area contributed by atoms with Crippen LogP contribution in [0.25, 0.3) is 0 Å². The summed E-state index contributed by atoms with van der Waals surface area (Å²) in [5.41, 5.74) is 2.61. The molecule has 0 atom stereocenters. The zero-order chi connectivity index (χ0) is 18.7. The Labute approximate surface area is 147 Å². The summed E-state index contributed by atoms with van der Waals surface area (Å²) in [5.74, 6) is -0.602. The molecule has 25 heavy (non-hydrogen) atoms. The summed E-state index contributed by atoms with van der Waals surface area (Å²) in [4.78, 5) is 26.8. The van der Waals surface area contributed by atoms with Crippen LogP contribution in [0.3, 0.4) is 0 Å². The lowest BCUT2D eigenvalue weighted by Gasteiger charge is -2.10. The Hall–Kier alpha value is -2.90. The molecule has 0 spiro atoms. The molecule has 0 unspecified atom stereocenters. The molecule has 1 aromatic carbocycles. The first-order valence-electron chi connectivity index (χ1n) is 7.63. The SMILES string of the molecule is CCC(=N\OC)/C(C)=N/OCc1ccccc1/C(=N/OC)C(=O)OC. The highest BCUT2D eigenvalue weighted by molar-refractivity contribution is 6.43. The molecule has 136 valence electrons. The van der Waals surface area contributed by atoms with Gasteiger partial charge in [0, 0.05) is 11.1 Å². The van der Waals surface area contributed by atoms with Crippen LogP contribution in [0, 0.1) is 0 Å². The van der Waals surface area contributed by atoms with Gasteiger partial charge in [0.05, 0.1) is 7.11 Å². The predicted molar refractivity (Wildman–Crippen MR) is 94.6 cm³/mol. The van der Waals surface area contributed by atoms with Crippen molar-refractivity contribution < 1.29 is 24.0 Å². The quantitative estimate of drug-likeness (QED) is 0.388. The fourth-order valence-electron chi connectivity index (χ4n) is 2.01. The predicted octanol–water partition coefficient (Wildman–Crippen LogP) is 2.52. The van der Waals surface area contributed by atoms with Crippen molar-refractivity contribution in [2.45, 2.75) is 26.9 Å². The van der Waals surface area contributed by atoms with Gasteiger partial charge in [0.25, 0.3) is 0 Å². The molecule has 0 aliphatic rings. The van der Waals surface area contributed by atoms with E-state index < -0.39 is 5.97 Å². The van der Waals surface area contributed by atoms with E-state index in [1.165, 1.54) is 21.3 Å². The molecule has 0 aromatic heterocycles. The average molecular weight is 349 g/mol. The van der Waals surface area contributed by atoms with E-state index in [0.717, 1.165) is 0 Å². The molecule has 0 bridgehead atoms. The topological polar surface area (TPSA) is 91.1 Å². The Balaban J connectivity index is 3.00. The minimum atomic E-state index is -0.602. The van der Waals surface area contributed by atoms with Crippen LogP contribution in [0.5, 0.6) is 0 Å². The second kappa shape index (κ2) is 10.8. The smallest absolute Gasteiger partial charge is 0.360 e. The van der Waals surface area contributed by atoms with Crippen LogP contribution in [0.2, 0.25) is 0 Å². The van der Waals surface area contributed by atoms with Crippen LogP contribution >= 0.6 is 0 Å². The Morgan fingerprint density at radius 2 is 1.72 bits per heavy atom. The van der Waals surface area contributed by atoms with E-state index in [2.05, 4.69) is 15.5 Å². The normalized spacial score (nSPS) is 12.6. The van der Waals surface area contributed by atoms with Crippen LogP contribution in [0.15, 0.2) is 39.7 Å². The number of methoxy groups -OCH3 is 1. The number of nitrogens with zero attached hydrogens (tertiary/aromatic N) is 3. The van der Waals surface area contributed by atoms with Gasteiger partial charge in [-0.05, 0) is 13.3 Å². The number of oxime groups is 3. The molecule has 0 saturated heterocycles. The lowest BCUT2D eigenvalue weighted by atomic mass is 10.0. The minimum Gasteiger partial charge on any atom is -0.464 e. The van der Waals surface area contributed by atoms with Crippen molar-refractivity contribution in [2.24, 2.45) is 15.5 Å². The number of hydrogen-bond donors (Lipinski definition) is 0.